The van der Waals surface area contributed by atoms with Crippen molar-refractivity contribution in [1.29, 1.82) is 5.26 Å². The van der Waals surface area contributed by atoms with Gasteiger partial charge >= 0.3 is 0 Å². The Morgan fingerprint density at radius 1 is 1.22 bits per heavy atom. The van der Waals surface area contributed by atoms with E-state index >= 15 is 0 Å². The maximum atomic E-state index is 12.5. The van der Waals surface area contributed by atoms with E-state index in [1.54, 1.807) is 19.1 Å². The molecule has 2 rings (SSSR count). The van der Waals surface area contributed by atoms with E-state index in [1.165, 1.54) is 10.4 Å². The van der Waals surface area contributed by atoms with Crippen LogP contribution in [0.25, 0.3) is 0 Å². The summed E-state index contributed by atoms with van der Waals surface area (Å²) in [5.74, 6) is 0. The maximum Gasteiger partial charge on any atom is 0.244 e. The zero-order chi connectivity index (χ0) is 13.2. The van der Waals surface area contributed by atoms with E-state index in [0.717, 1.165) is 19.3 Å². The van der Waals surface area contributed by atoms with Gasteiger partial charge in [-0.15, -0.1) is 0 Å². The first-order valence-corrected chi connectivity index (χ1v) is 7.51. The molecule has 1 aromatic rings. The first-order chi connectivity index (χ1) is 8.57. The van der Waals surface area contributed by atoms with Gasteiger partial charge in [-0.25, -0.2) is 8.42 Å². The van der Waals surface area contributed by atoms with Gasteiger partial charge in [0.15, 0.2) is 0 Å². The predicted octanol–water partition coefficient (Wildman–Crippen LogP) is 2.04. The molecular weight excluding hydrogens is 248 g/mol. The largest absolute Gasteiger partial charge is 0.244 e. The smallest absolute Gasteiger partial charge is 0.207 e. The van der Waals surface area contributed by atoms with Crippen LogP contribution in [0.4, 0.5) is 0 Å². The molecule has 0 atom stereocenters. The number of hydrogen-bond acceptors (Lipinski definition) is 3. The summed E-state index contributed by atoms with van der Waals surface area (Å²) < 4.78 is 26.5. The van der Waals surface area contributed by atoms with Gasteiger partial charge in [0.25, 0.3) is 0 Å². The van der Waals surface area contributed by atoms with Crippen LogP contribution < -0.4 is 0 Å². The molecule has 1 aliphatic heterocycles. The molecule has 0 spiro atoms. The van der Waals surface area contributed by atoms with Crippen molar-refractivity contribution in [3.8, 4) is 6.07 Å². The fourth-order valence-corrected chi connectivity index (χ4v) is 3.98. The Kier molecular flexibility index (Phi) is 3.69. The fourth-order valence-electron chi connectivity index (χ4n) is 2.24. The first kappa shape index (κ1) is 13.1. The molecule has 0 aromatic heterocycles. The third kappa shape index (κ3) is 2.26. The minimum atomic E-state index is -3.52. The lowest BCUT2D eigenvalue weighted by atomic mass is 10.1. The van der Waals surface area contributed by atoms with E-state index in [4.69, 9.17) is 5.26 Å². The van der Waals surface area contributed by atoms with Crippen molar-refractivity contribution in [1.82, 2.24) is 4.31 Å². The molecule has 0 bridgehead atoms. The summed E-state index contributed by atoms with van der Waals surface area (Å²) in [6.07, 6.45) is 2.87. The molecule has 96 valence electrons. The Bertz CT molecular complexity index is 581. The summed E-state index contributed by atoms with van der Waals surface area (Å²) >= 11 is 0. The van der Waals surface area contributed by atoms with Gasteiger partial charge in [-0.2, -0.15) is 9.57 Å². The minimum Gasteiger partial charge on any atom is -0.207 e. The monoisotopic (exact) mass is 264 g/mol. The molecule has 0 N–H and O–H groups in total. The Balaban J connectivity index is 2.48. The number of benzene rings is 1. The van der Waals surface area contributed by atoms with Crippen molar-refractivity contribution in [2.24, 2.45) is 0 Å². The van der Waals surface area contributed by atoms with Crippen LogP contribution >= 0.6 is 0 Å². The van der Waals surface area contributed by atoms with Crippen molar-refractivity contribution >= 4 is 10.0 Å². The lowest BCUT2D eigenvalue weighted by Gasteiger charge is -2.26. The molecule has 0 saturated carbocycles. The van der Waals surface area contributed by atoms with Crippen LogP contribution in [0.3, 0.4) is 0 Å². The second-order valence-corrected chi connectivity index (χ2v) is 6.43. The molecule has 0 aliphatic carbocycles. The minimum absolute atomic E-state index is 0.145. The summed E-state index contributed by atoms with van der Waals surface area (Å²) in [5, 5.41) is 9.13. The van der Waals surface area contributed by atoms with Crippen LogP contribution in [-0.4, -0.2) is 25.8 Å². The number of nitriles is 1. The van der Waals surface area contributed by atoms with Gasteiger partial charge in [0.1, 0.15) is 11.0 Å². The second kappa shape index (κ2) is 5.09. The van der Waals surface area contributed by atoms with Gasteiger partial charge in [-0.3, -0.25) is 0 Å². The van der Waals surface area contributed by atoms with Gasteiger partial charge in [-0.1, -0.05) is 18.6 Å². The molecular formula is C13H16N2O2S. The first-order valence-electron chi connectivity index (χ1n) is 6.07. The molecule has 1 aliphatic rings. The Labute approximate surface area is 108 Å². The number of piperidine rings is 1. The molecule has 0 radical (unpaired) electrons. The van der Waals surface area contributed by atoms with Gasteiger partial charge in [0, 0.05) is 13.1 Å². The van der Waals surface area contributed by atoms with E-state index in [0.29, 0.717) is 18.7 Å². The Hall–Kier alpha value is -1.38. The van der Waals surface area contributed by atoms with Crippen LogP contribution in [0.5, 0.6) is 0 Å². The molecule has 1 heterocycles. The summed E-state index contributed by atoms with van der Waals surface area (Å²) in [6.45, 7) is 2.87. The van der Waals surface area contributed by atoms with Crippen LogP contribution in [-0.2, 0) is 10.0 Å². The van der Waals surface area contributed by atoms with Gasteiger partial charge in [0.05, 0.1) is 5.56 Å². The summed E-state index contributed by atoms with van der Waals surface area (Å²) in [7, 11) is -3.52. The van der Waals surface area contributed by atoms with Crippen molar-refractivity contribution < 1.29 is 8.42 Å². The highest BCUT2D eigenvalue weighted by atomic mass is 32.2. The highest BCUT2D eigenvalue weighted by molar-refractivity contribution is 7.89. The third-order valence-electron chi connectivity index (χ3n) is 3.28. The van der Waals surface area contributed by atoms with Crippen molar-refractivity contribution in [2.75, 3.05) is 13.1 Å². The normalized spacial score (nSPS) is 17.3. The number of rotatable bonds is 2. The number of sulfonamides is 1. The van der Waals surface area contributed by atoms with Crippen LogP contribution in [0.2, 0.25) is 0 Å². The number of aryl methyl sites for hydroxylation is 1. The van der Waals surface area contributed by atoms with Crippen molar-refractivity contribution in [3.05, 3.63) is 29.3 Å². The van der Waals surface area contributed by atoms with E-state index < -0.39 is 10.0 Å². The predicted molar refractivity (Wildman–Crippen MR) is 68.5 cm³/mol. The molecule has 18 heavy (non-hydrogen) atoms. The lowest BCUT2D eigenvalue weighted by molar-refractivity contribution is 0.346. The summed E-state index contributed by atoms with van der Waals surface area (Å²) in [6, 6.07) is 6.97. The third-order valence-corrected chi connectivity index (χ3v) is 5.22. The molecule has 0 amide bonds. The van der Waals surface area contributed by atoms with Gasteiger partial charge in [0.2, 0.25) is 10.0 Å². The van der Waals surface area contributed by atoms with Gasteiger partial charge < -0.3 is 0 Å². The molecule has 1 aromatic carbocycles. The zero-order valence-electron chi connectivity index (χ0n) is 10.4. The highest BCUT2D eigenvalue weighted by Gasteiger charge is 2.28. The average Bonchev–Trinajstić information content (AvgIpc) is 2.39. The highest BCUT2D eigenvalue weighted by Crippen LogP contribution is 2.24. The SMILES string of the molecule is Cc1cccc(S(=O)(=O)N2CCCCC2)c1C#N. The number of nitrogens with zero attached hydrogens (tertiary/aromatic N) is 2. The standard InChI is InChI=1S/C13H16N2O2S/c1-11-6-5-7-13(12(11)10-14)18(16,17)15-8-3-2-4-9-15/h5-7H,2-4,8-9H2,1H3. The fraction of sp³-hybridized carbons (Fsp3) is 0.462. The van der Waals surface area contributed by atoms with E-state index in [9.17, 15) is 8.42 Å². The quantitative estimate of drug-likeness (QED) is 0.821. The average molecular weight is 264 g/mol. The van der Waals surface area contributed by atoms with Crippen LogP contribution in [0.1, 0.15) is 30.4 Å². The van der Waals surface area contributed by atoms with Gasteiger partial charge in [-0.05, 0) is 31.4 Å². The topological polar surface area (TPSA) is 61.2 Å². The summed E-state index contributed by atoms with van der Waals surface area (Å²) in [4.78, 5) is 0.145. The molecule has 5 heteroatoms. The second-order valence-electron chi connectivity index (χ2n) is 4.52. The maximum absolute atomic E-state index is 12.5. The molecule has 0 unspecified atom stereocenters. The molecule has 4 nitrogen and oxygen atoms in total. The lowest BCUT2D eigenvalue weighted by Crippen LogP contribution is -2.36. The van der Waals surface area contributed by atoms with Crippen LogP contribution in [0, 0.1) is 18.3 Å². The Morgan fingerprint density at radius 3 is 2.50 bits per heavy atom. The van der Waals surface area contributed by atoms with Crippen LogP contribution in [0.15, 0.2) is 23.1 Å². The van der Waals surface area contributed by atoms with E-state index in [1.807, 2.05) is 6.07 Å². The van der Waals surface area contributed by atoms with Crippen molar-refractivity contribution in [2.45, 2.75) is 31.1 Å². The van der Waals surface area contributed by atoms with E-state index in [2.05, 4.69) is 0 Å². The molecule has 1 fully saturated rings. The molecule has 1 saturated heterocycles. The summed E-state index contributed by atoms with van der Waals surface area (Å²) in [5.41, 5.74) is 0.971. The zero-order valence-corrected chi connectivity index (χ0v) is 11.2. The number of hydrogen-bond donors (Lipinski definition) is 0. The van der Waals surface area contributed by atoms with E-state index in [-0.39, 0.29) is 10.5 Å². The van der Waals surface area contributed by atoms with Crippen molar-refractivity contribution in [3.63, 3.8) is 0 Å². The Morgan fingerprint density at radius 2 is 1.89 bits per heavy atom.